The molecule has 0 bridgehead atoms. The Morgan fingerprint density at radius 2 is 1.86 bits per heavy atom. The van der Waals surface area contributed by atoms with Gasteiger partial charge in [0.05, 0.1) is 17.4 Å². The van der Waals surface area contributed by atoms with Gasteiger partial charge in [0, 0.05) is 17.5 Å². The molecule has 0 amide bonds. The topological polar surface area (TPSA) is 90.7 Å². The van der Waals surface area contributed by atoms with Gasteiger partial charge in [-0.25, -0.2) is 9.97 Å². The summed E-state index contributed by atoms with van der Waals surface area (Å²) in [6.45, 7) is 4.19. The first kappa shape index (κ1) is 13.3. The first-order valence-electron chi connectivity index (χ1n) is 6.80. The Morgan fingerprint density at radius 1 is 1.05 bits per heavy atom. The summed E-state index contributed by atoms with van der Waals surface area (Å²) in [6.07, 6.45) is 3.49. The lowest BCUT2D eigenvalue weighted by molar-refractivity contribution is 0.856. The number of anilines is 2. The first-order chi connectivity index (χ1) is 10.1. The molecule has 5 nitrogen and oxygen atoms in total. The minimum Gasteiger partial charge on any atom is -0.381 e. The summed E-state index contributed by atoms with van der Waals surface area (Å²) in [4.78, 5) is 12.8. The predicted octanol–water partition coefficient (Wildman–Crippen LogP) is 2.65. The van der Waals surface area contributed by atoms with Crippen LogP contribution in [-0.4, -0.2) is 15.0 Å². The monoisotopic (exact) mass is 279 g/mol. The van der Waals surface area contributed by atoms with Crippen molar-refractivity contribution in [2.75, 3.05) is 11.5 Å². The maximum absolute atomic E-state index is 5.76. The van der Waals surface area contributed by atoms with Gasteiger partial charge in [0.2, 0.25) is 0 Å². The lowest BCUT2D eigenvalue weighted by Crippen LogP contribution is -2.07. The highest BCUT2D eigenvalue weighted by Crippen LogP contribution is 2.30. The molecule has 4 N–H and O–H groups in total. The summed E-state index contributed by atoms with van der Waals surface area (Å²) in [5.41, 5.74) is 15.6. The zero-order valence-electron chi connectivity index (χ0n) is 12.0. The van der Waals surface area contributed by atoms with Crippen molar-refractivity contribution in [2.45, 2.75) is 19.8 Å². The predicted molar refractivity (Wildman–Crippen MR) is 84.9 cm³/mol. The summed E-state index contributed by atoms with van der Waals surface area (Å²) >= 11 is 0. The molecule has 0 aliphatic rings. The number of aryl methyl sites for hydroxylation is 1. The van der Waals surface area contributed by atoms with Gasteiger partial charge in [-0.2, -0.15) is 0 Å². The Labute approximate surface area is 123 Å². The van der Waals surface area contributed by atoms with E-state index < -0.39 is 0 Å². The van der Waals surface area contributed by atoms with Crippen molar-refractivity contribution < 1.29 is 0 Å². The number of fused-ring (bicyclic) bond motifs is 1. The van der Waals surface area contributed by atoms with Gasteiger partial charge in [0.1, 0.15) is 0 Å². The molecule has 0 radical (unpaired) electrons. The normalized spacial score (nSPS) is 12.5. The third-order valence-corrected chi connectivity index (χ3v) is 3.85. The van der Waals surface area contributed by atoms with E-state index in [-0.39, 0.29) is 17.6 Å². The number of hydrogen-bond donors (Lipinski definition) is 2. The fourth-order valence-corrected chi connectivity index (χ4v) is 2.58. The number of pyridine rings is 1. The molecule has 2 aromatic heterocycles. The van der Waals surface area contributed by atoms with Gasteiger partial charge >= 0.3 is 0 Å². The van der Waals surface area contributed by atoms with Crippen molar-refractivity contribution in [3.63, 3.8) is 0 Å². The second-order valence-electron chi connectivity index (χ2n) is 5.14. The number of nitrogens with zero attached hydrogens (tertiary/aromatic N) is 3. The Hall–Kier alpha value is -2.69. The molecule has 0 saturated carbocycles. The molecule has 0 aliphatic heterocycles. The number of hydrogen-bond acceptors (Lipinski definition) is 5. The third kappa shape index (κ3) is 2.27. The number of nitrogens with two attached hydrogens (primary N) is 2. The lowest BCUT2D eigenvalue weighted by Gasteiger charge is -2.16. The van der Waals surface area contributed by atoms with E-state index in [1.54, 1.807) is 12.4 Å². The lowest BCUT2D eigenvalue weighted by atomic mass is 9.91. The molecule has 0 spiro atoms. The van der Waals surface area contributed by atoms with Crippen molar-refractivity contribution in [1.29, 1.82) is 0 Å². The van der Waals surface area contributed by atoms with Gasteiger partial charge in [-0.1, -0.05) is 19.1 Å². The molecule has 3 aromatic rings. The van der Waals surface area contributed by atoms with E-state index in [4.69, 9.17) is 11.5 Å². The van der Waals surface area contributed by atoms with Crippen molar-refractivity contribution in [2.24, 2.45) is 0 Å². The van der Waals surface area contributed by atoms with E-state index in [0.29, 0.717) is 0 Å². The molecular formula is C16H17N5. The zero-order valence-corrected chi connectivity index (χ0v) is 12.0. The van der Waals surface area contributed by atoms with Gasteiger partial charge < -0.3 is 11.5 Å². The molecule has 1 aromatic carbocycles. The summed E-state index contributed by atoms with van der Waals surface area (Å²) in [6, 6.07) is 8.15. The molecule has 0 aliphatic carbocycles. The average molecular weight is 279 g/mol. The van der Waals surface area contributed by atoms with E-state index >= 15 is 0 Å². The van der Waals surface area contributed by atoms with Crippen LogP contribution in [0.1, 0.15) is 29.7 Å². The molecule has 1 unspecified atom stereocenters. The van der Waals surface area contributed by atoms with Gasteiger partial charge in [0.15, 0.2) is 11.6 Å². The summed E-state index contributed by atoms with van der Waals surface area (Å²) in [7, 11) is 0. The van der Waals surface area contributed by atoms with E-state index in [1.807, 2.05) is 12.1 Å². The van der Waals surface area contributed by atoms with Crippen LogP contribution in [0.5, 0.6) is 0 Å². The molecular weight excluding hydrogens is 262 g/mol. The highest BCUT2D eigenvalue weighted by Gasteiger charge is 2.15. The SMILES string of the molecule is Cc1c(C(C)c2cnc(N)c(N)n2)ccc2ncccc12. The van der Waals surface area contributed by atoms with E-state index in [9.17, 15) is 0 Å². The van der Waals surface area contributed by atoms with Crippen LogP contribution < -0.4 is 11.5 Å². The van der Waals surface area contributed by atoms with Crippen LogP contribution in [0.2, 0.25) is 0 Å². The Balaban J connectivity index is 2.10. The standard InChI is InChI=1S/C16H17N5/c1-9-11(5-6-13-12(9)4-3-7-19-13)10(2)14-8-20-15(17)16(18)21-14/h3-8,10H,1-2H3,(H2,17,20)(H2,18,21). The number of aromatic nitrogens is 3. The molecule has 3 rings (SSSR count). The molecule has 2 heterocycles. The van der Waals surface area contributed by atoms with E-state index in [0.717, 1.165) is 16.6 Å². The second kappa shape index (κ2) is 5.01. The van der Waals surface area contributed by atoms with Crippen molar-refractivity contribution in [3.8, 4) is 0 Å². The minimum atomic E-state index is 0.0880. The Morgan fingerprint density at radius 3 is 2.62 bits per heavy atom. The molecule has 0 saturated heterocycles. The van der Waals surface area contributed by atoms with Gasteiger partial charge in [-0.05, 0) is 30.2 Å². The highest BCUT2D eigenvalue weighted by atomic mass is 15.0. The van der Waals surface area contributed by atoms with Crippen molar-refractivity contribution >= 4 is 22.5 Å². The summed E-state index contributed by atoms with van der Waals surface area (Å²) < 4.78 is 0. The van der Waals surface area contributed by atoms with Crippen LogP contribution in [0.25, 0.3) is 10.9 Å². The summed E-state index contributed by atoms with van der Waals surface area (Å²) in [5.74, 6) is 0.634. The van der Waals surface area contributed by atoms with E-state index in [1.165, 1.54) is 11.1 Å². The van der Waals surface area contributed by atoms with Crippen LogP contribution in [0.15, 0.2) is 36.7 Å². The number of nitrogen functional groups attached to an aromatic ring is 2. The molecule has 5 heteroatoms. The Bertz CT molecular complexity index is 813. The first-order valence-corrected chi connectivity index (χ1v) is 6.80. The molecule has 106 valence electrons. The van der Waals surface area contributed by atoms with Crippen molar-refractivity contribution in [1.82, 2.24) is 15.0 Å². The number of benzene rings is 1. The van der Waals surface area contributed by atoms with Crippen LogP contribution >= 0.6 is 0 Å². The number of rotatable bonds is 2. The minimum absolute atomic E-state index is 0.0880. The average Bonchev–Trinajstić information content (AvgIpc) is 2.50. The largest absolute Gasteiger partial charge is 0.381 e. The second-order valence-corrected chi connectivity index (χ2v) is 5.14. The maximum Gasteiger partial charge on any atom is 0.166 e. The van der Waals surface area contributed by atoms with Crippen LogP contribution in [-0.2, 0) is 0 Å². The molecule has 1 atom stereocenters. The van der Waals surface area contributed by atoms with Crippen LogP contribution in [0.4, 0.5) is 11.6 Å². The van der Waals surface area contributed by atoms with Gasteiger partial charge in [-0.3, -0.25) is 4.98 Å². The summed E-state index contributed by atoms with van der Waals surface area (Å²) in [5, 5.41) is 1.15. The molecule has 0 fully saturated rings. The van der Waals surface area contributed by atoms with Crippen molar-refractivity contribution in [3.05, 3.63) is 53.5 Å². The van der Waals surface area contributed by atoms with Crippen LogP contribution in [0, 0.1) is 6.92 Å². The van der Waals surface area contributed by atoms with E-state index in [2.05, 4.69) is 40.9 Å². The fourth-order valence-electron chi connectivity index (χ4n) is 2.58. The van der Waals surface area contributed by atoms with Gasteiger partial charge in [0.25, 0.3) is 0 Å². The molecule has 21 heavy (non-hydrogen) atoms. The fraction of sp³-hybridized carbons (Fsp3) is 0.188. The third-order valence-electron chi connectivity index (χ3n) is 3.85. The van der Waals surface area contributed by atoms with Crippen LogP contribution in [0.3, 0.4) is 0 Å². The Kier molecular flexibility index (Phi) is 3.17. The quantitative estimate of drug-likeness (QED) is 0.752. The van der Waals surface area contributed by atoms with Gasteiger partial charge in [-0.15, -0.1) is 0 Å². The zero-order chi connectivity index (χ0) is 15.0. The maximum atomic E-state index is 5.76. The smallest absolute Gasteiger partial charge is 0.166 e. The highest BCUT2D eigenvalue weighted by molar-refractivity contribution is 5.83.